The van der Waals surface area contributed by atoms with E-state index in [1.54, 1.807) is 17.2 Å². The Kier molecular flexibility index (Phi) is 4.53. The summed E-state index contributed by atoms with van der Waals surface area (Å²) >= 11 is 0. The molecular formula is C19H18FN5O2. The monoisotopic (exact) mass is 367 g/mol. The molecule has 0 bridgehead atoms. The summed E-state index contributed by atoms with van der Waals surface area (Å²) in [6, 6.07) is 9.18. The summed E-state index contributed by atoms with van der Waals surface area (Å²) in [6.07, 6.45) is 3.24. The Balaban J connectivity index is 1.47. The topological polar surface area (TPSA) is 94.7 Å². The number of nitrogens with one attached hydrogen (secondary N) is 2. The number of likely N-dealkylation sites (tertiary alicyclic amines) is 1. The number of hydrogen-bond donors (Lipinski definition) is 2. The molecule has 1 aromatic carbocycles. The third kappa shape index (κ3) is 3.51. The Bertz CT molecular complexity index is 1000. The van der Waals surface area contributed by atoms with E-state index in [0.29, 0.717) is 13.1 Å². The van der Waals surface area contributed by atoms with E-state index in [4.69, 9.17) is 0 Å². The molecule has 1 fully saturated rings. The van der Waals surface area contributed by atoms with Crippen LogP contribution >= 0.6 is 0 Å². The number of amides is 1. The molecule has 0 unspecified atom stereocenters. The minimum atomic E-state index is -0.339. The van der Waals surface area contributed by atoms with Crippen molar-refractivity contribution in [3.05, 3.63) is 70.2 Å². The third-order valence-electron chi connectivity index (χ3n) is 4.89. The van der Waals surface area contributed by atoms with Crippen LogP contribution in [0.1, 0.15) is 34.9 Å². The lowest BCUT2D eigenvalue weighted by Crippen LogP contribution is -2.38. The van der Waals surface area contributed by atoms with Gasteiger partial charge in [0, 0.05) is 36.3 Å². The minimum Gasteiger partial charge on any atom is -0.337 e. The van der Waals surface area contributed by atoms with Crippen molar-refractivity contribution in [3.8, 4) is 11.1 Å². The summed E-state index contributed by atoms with van der Waals surface area (Å²) < 4.78 is 13.6. The van der Waals surface area contributed by atoms with Gasteiger partial charge in [0.05, 0.1) is 6.20 Å². The molecule has 1 aliphatic rings. The fraction of sp³-hybridized carbons (Fsp3) is 0.263. The van der Waals surface area contributed by atoms with E-state index in [1.807, 2.05) is 6.07 Å². The van der Waals surface area contributed by atoms with Gasteiger partial charge in [0.15, 0.2) is 0 Å². The molecule has 3 aromatic rings. The molecule has 0 atom stereocenters. The van der Waals surface area contributed by atoms with Crippen LogP contribution in [0.3, 0.4) is 0 Å². The second-order valence-electron chi connectivity index (χ2n) is 6.58. The second kappa shape index (κ2) is 7.14. The van der Waals surface area contributed by atoms with Crippen LogP contribution in [0.2, 0.25) is 0 Å². The van der Waals surface area contributed by atoms with Crippen LogP contribution in [0.25, 0.3) is 11.1 Å². The molecule has 1 amide bonds. The number of halogens is 1. The molecule has 4 rings (SSSR count). The normalized spacial score (nSPS) is 15.1. The van der Waals surface area contributed by atoms with Gasteiger partial charge in [0.1, 0.15) is 11.5 Å². The predicted molar refractivity (Wildman–Crippen MR) is 96.7 cm³/mol. The molecule has 27 heavy (non-hydrogen) atoms. The maximum absolute atomic E-state index is 13.6. The second-order valence-corrected chi connectivity index (χ2v) is 6.58. The van der Waals surface area contributed by atoms with Gasteiger partial charge in [0.2, 0.25) is 0 Å². The smallest absolute Gasteiger partial charge is 0.274 e. The number of H-pyrrole nitrogens is 2. The number of aromatic amines is 2. The Labute approximate surface area is 154 Å². The van der Waals surface area contributed by atoms with Crippen molar-refractivity contribution in [1.29, 1.82) is 0 Å². The van der Waals surface area contributed by atoms with Crippen LogP contribution in [0.4, 0.5) is 4.39 Å². The largest absolute Gasteiger partial charge is 0.337 e. The molecule has 2 aromatic heterocycles. The fourth-order valence-electron chi connectivity index (χ4n) is 3.49. The van der Waals surface area contributed by atoms with E-state index in [1.165, 1.54) is 24.3 Å². The number of nitrogens with zero attached hydrogens (tertiary/aromatic N) is 3. The van der Waals surface area contributed by atoms with E-state index < -0.39 is 0 Å². The Hall–Kier alpha value is -3.29. The van der Waals surface area contributed by atoms with E-state index in [2.05, 4.69) is 20.4 Å². The van der Waals surface area contributed by atoms with Crippen molar-refractivity contribution in [3.63, 3.8) is 0 Å². The molecule has 0 spiro atoms. The fourth-order valence-corrected chi connectivity index (χ4v) is 3.49. The summed E-state index contributed by atoms with van der Waals surface area (Å²) in [5.74, 6) is -0.272. The number of hydrogen-bond acceptors (Lipinski definition) is 4. The summed E-state index contributed by atoms with van der Waals surface area (Å²) in [4.78, 5) is 25.3. The molecule has 0 radical (unpaired) electrons. The van der Waals surface area contributed by atoms with Gasteiger partial charge in [-0.15, -0.1) is 0 Å². The van der Waals surface area contributed by atoms with Crippen molar-refractivity contribution >= 4 is 5.91 Å². The lowest BCUT2D eigenvalue weighted by molar-refractivity contribution is 0.0705. The van der Waals surface area contributed by atoms with E-state index >= 15 is 0 Å². The molecule has 7 nitrogen and oxygen atoms in total. The molecule has 0 saturated carbocycles. The lowest BCUT2D eigenvalue weighted by Gasteiger charge is -2.31. The zero-order chi connectivity index (χ0) is 18.8. The Morgan fingerprint density at radius 1 is 1.15 bits per heavy atom. The zero-order valence-electron chi connectivity index (χ0n) is 14.5. The lowest BCUT2D eigenvalue weighted by atomic mass is 9.89. The van der Waals surface area contributed by atoms with E-state index in [-0.39, 0.29) is 28.9 Å². The number of benzene rings is 1. The van der Waals surface area contributed by atoms with E-state index in [0.717, 1.165) is 29.7 Å². The van der Waals surface area contributed by atoms with Crippen LogP contribution in [0.5, 0.6) is 0 Å². The standard InChI is InChI=1S/C19H18FN5O2/c20-14-3-1-2-13(10-14)15-11-21-24-18(15)12-6-8-25(9-7-12)19(27)16-4-5-17(26)23-22-16/h1-5,10-12H,6-9H2,(H,21,24)(H,23,26). The highest BCUT2D eigenvalue weighted by molar-refractivity contribution is 5.92. The van der Waals surface area contributed by atoms with Crippen molar-refractivity contribution in [1.82, 2.24) is 25.3 Å². The zero-order valence-corrected chi connectivity index (χ0v) is 14.5. The maximum atomic E-state index is 13.6. The summed E-state index contributed by atoms with van der Waals surface area (Å²) in [5.41, 5.74) is 2.54. The third-order valence-corrected chi connectivity index (χ3v) is 4.89. The number of rotatable bonds is 3. The summed E-state index contributed by atoms with van der Waals surface area (Å²) in [7, 11) is 0. The highest BCUT2D eigenvalue weighted by Crippen LogP contribution is 2.34. The first-order chi connectivity index (χ1) is 13.1. The number of carbonyl (C=O) groups is 1. The van der Waals surface area contributed by atoms with Gasteiger partial charge in [-0.3, -0.25) is 14.7 Å². The highest BCUT2D eigenvalue weighted by Gasteiger charge is 2.27. The Morgan fingerprint density at radius 2 is 1.96 bits per heavy atom. The van der Waals surface area contributed by atoms with Crippen molar-refractivity contribution in [2.24, 2.45) is 0 Å². The number of piperidine rings is 1. The molecule has 2 N–H and O–H groups in total. The van der Waals surface area contributed by atoms with Crippen molar-refractivity contribution in [2.75, 3.05) is 13.1 Å². The average Bonchev–Trinajstić information content (AvgIpc) is 3.18. The molecule has 138 valence electrons. The molecular weight excluding hydrogens is 349 g/mol. The number of aromatic nitrogens is 4. The maximum Gasteiger partial charge on any atom is 0.274 e. The molecule has 8 heteroatoms. The van der Waals surface area contributed by atoms with Gasteiger partial charge in [-0.1, -0.05) is 12.1 Å². The molecule has 1 aliphatic heterocycles. The summed E-state index contributed by atoms with van der Waals surface area (Å²) in [6.45, 7) is 1.15. The van der Waals surface area contributed by atoms with Crippen LogP contribution in [-0.4, -0.2) is 44.3 Å². The van der Waals surface area contributed by atoms with Gasteiger partial charge < -0.3 is 4.90 Å². The van der Waals surface area contributed by atoms with Crippen LogP contribution in [0, 0.1) is 5.82 Å². The first-order valence-electron chi connectivity index (χ1n) is 8.76. The first kappa shape index (κ1) is 17.1. The molecule has 0 aliphatic carbocycles. The first-order valence-corrected chi connectivity index (χ1v) is 8.76. The molecule has 3 heterocycles. The van der Waals surface area contributed by atoms with Gasteiger partial charge in [-0.05, 0) is 36.6 Å². The predicted octanol–water partition coefficient (Wildman–Crippen LogP) is 2.32. The van der Waals surface area contributed by atoms with Gasteiger partial charge >= 0.3 is 0 Å². The van der Waals surface area contributed by atoms with Crippen molar-refractivity contribution in [2.45, 2.75) is 18.8 Å². The van der Waals surface area contributed by atoms with Crippen LogP contribution in [0.15, 0.2) is 47.4 Å². The van der Waals surface area contributed by atoms with Crippen LogP contribution in [-0.2, 0) is 0 Å². The SMILES string of the molecule is O=C(c1ccc(=O)[nH]n1)N1CCC(c2[nH]ncc2-c2cccc(F)c2)CC1. The Morgan fingerprint density at radius 3 is 2.67 bits per heavy atom. The van der Waals surface area contributed by atoms with Gasteiger partial charge in [0.25, 0.3) is 11.5 Å². The van der Waals surface area contributed by atoms with Gasteiger partial charge in [-0.25, -0.2) is 9.49 Å². The number of carbonyl (C=O) groups excluding carboxylic acids is 1. The molecule has 1 saturated heterocycles. The average molecular weight is 367 g/mol. The van der Waals surface area contributed by atoms with Crippen LogP contribution < -0.4 is 5.56 Å². The minimum absolute atomic E-state index is 0.195. The quantitative estimate of drug-likeness (QED) is 0.743. The highest BCUT2D eigenvalue weighted by atomic mass is 19.1. The van der Waals surface area contributed by atoms with E-state index in [9.17, 15) is 14.0 Å². The van der Waals surface area contributed by atoms with Gasteiger partial charge in [-0.2, -0.15) is 10.2 Å². The van der Waals surface area contributed by atoms with Crippen molar-refractivity contribution < 1.29 is 9.18 Å². The summed E-state index contributed by atoms with van der Waals surface area (Å²) in [5, 5.41) is 13.3.